The largest absolute Gasteiger partial charge is 0.355 e. The zero-order valence-corrected chi connectivity index (χ0v) is 19.7. The highest BCUT2D eigenvalue weighted by Crippen LogP contribution is 2.27. The van der Waals surface area contributed by atoms with E-state index >= 15 is 0 Å². The average molecular weight is 488 g/mol. The van der Waals surface area contributed by atoms with Gasteiger partial charge in [-0.15, -0.1) is 24.0 Å². The molecule has 0 aromatic carbocycles. The summed E-state index contributed by atoms with van der Waals surface area (Å²) in [5.74, 6) is 2.45. The van der Waals surface area contributed by atoms with Gasteiger partial charge in [-0.25, -0.2) is 4.98 Å². The van der Waals surface area contributed by atoms with Gasteiger partial charge in [-0.05, 0) is 37.6 Å². The average Bonchev–Trinajstić information content (AvgIpc) is 3.28. The summed E-state index contributed by atoms with van der Waals surface area (Å²) in [5, 5.41) is 3.67. The maximum atomic E-state index is 4.59. The predicted octanol–water partition coefficient (Wildman–Crippen LogP) is 3.08. The van der Waals surface area contributed by atoms with Crippen molar-refractivity contribution >= 4 is 29.9 Å². The van der Waals surface area contributed by atoms with Crippen LogP contribution < -0.4 is 5.32 Å². The molecule has 2 aliphatic heterocycles. The van der Waals surface area contributed by atoms with Gasteiger partial charge in [0.1, 0.15) is 0 Å². The molecular weight excluding hydrogens is 451 g/mol. The standard InChI is InChI=1S/C20H36N6.HI/c1-16(2)13-24-9-5-6-18(24)12-23-20(21-4)25-10-7-17(3)19(14-25)26-11-8-22-15-26;/h8,11,15-19H,5-7,9-10,12-14H2,1-4H3,(H,21,23);1H/t17?,18-,19?;/m1./s1. The molecule has 7 heteroatoms. The van der Waals surface area contributed by atoms with Gasteiger partial charge in [0.25, 0.3) is 0 Å². The number of nitrogens with one attached hydrogen (secondary N) is 1. The Labute approximate surface area is 181 Å². The third-order valence-electron chi connectivity index (χ3n) is 5.93. The molecule has 3 rings (SSSR count). The number of halogens is 1. The molecule has 27 heavy (non-hydrogen) atoms. The van der Waals surface area contributed by atoms with Gasteiger partial charge in [-0.1, -0.05) is 20.8 Å². The summed E-state index contributed by atoms with van der Waals surface area (Å²) in [5.41, 5.74) is 0. The molecule has 6 nitrogen and oxygen atoms in total. The van der Waals surface area contributed by atoms with Crippen LogP contribution in [0.1, 0.15) is 46.1 Å². The fourth-order valence-electron chi connectivity index (χ4n) is 4.47. The Balaban J connectivity index is 0.00000261. The maximum Gasteiger partial charge on any atom is 0.193 e. The summed E-state index contributed by atoms with van der Waals surface area (Å²) in [7, 11) is 1.91. The number of aromatic nitrogens is 2. The molecule has 3 atom stereocenters. The molecule has 2 fully saturated rings. The van der Waals surface area contributed by atoms with Crippen LogP contribution in [0.5, 0.6) is 0 Å². The Hall–Kier alpha value is -0.830. The highest BCUT2D eigenvalue weighted by Gasteiger charge is 2.30. The number of aliphatic imine (C=N–C) groups is 1. The lowest BCUT2D eigenvalue weighted by molar-refractivity contribution is 0.186. The first-order valence-electron chi connectivity index (χ1n) is 10.3. The maximum absolute atomic E-state index is 4.59. The molecule has 0 saturated carbocycles. The summed E-state index contributed by atoms with van der Waals surface area (Å²) in [6.45, 7) is 12.5. The second kappa shape index (κ2) is 10.6. The molecule has 3 heterocycles. The van der Waals surface area contributed by atoms with E-state index in [-0.39, 0.29) is 24.0 Å². The van der Waals surface area contributed by atoms with Crippen molar-refractivity contribution < 1.29 is 0 Å². The van der Waals surface area contributed by atoms with Crippen molar-refractivity contribution in [2.75, 3.05) is 39.8 Å². The number of nitrogens with zero attached hydrogens (tertiary/aromatic N) is 5. The lowest BCUT2D eigenvalue weighted by atomic mass is 9.93. The van der Waals surface area contributed by atoms with Gasteiger partial charge in [0.05, 0.1) is 12.4 Å². The number of hydrogen-bond acceptors (Lipinski definition) is 3. The molecule has 2 saturated heterocycles. The second-order valence-corrected chi connectivity index (χ2v) is 8.40. The van der Waals surface area contributed by atoms with Gasteiger partial charge in [0.15, 0.2) is 5.96 Å². The molecule has 0 aliphatic carbocycles. The molecule has 1 N–H and O–H groups in total. The molecule has 0 spiro atoms. The molecule has 0 radical (unpaired) electrons. The predicted molar refractivity (Wildman–Crippen MR) is 123 cm³/mol. The minimum atomic E-state index is 0. The van der Waals surface area contributed by atoms with E-state index in [0.29, 0.717) is 18.0 Å². The highest BCUT2D eigenvalue weighted by molar-refractivity contribution is 14.0. The topological polar surface area (TPSA) is 48.7 Å². The summed E-state index contributed by atoms with van der Waals surface area (Å²) in [6, 6.07) is 1.11. The van der Waals surface area contributed by atoms with Crippen LogP contribution >= 0.6 is 24.0 Å². The van der Waals surface area contributed by atoms with Gasteiger partial charge in [0, 0.05) is 51.7 Å². The minimum Gasteiger partial charge on any atom is -0.355 e. The van der Waals surface area contributed by atoms with Crippen molar-refractivity contribution in [2.24, 2.45) is 16.8 Å². The van der Waals surface area contributed by atoms with Crippen LogP contribution in [0, 0.1) is 11.8 Å². The zero-order chi connectivity index (χ0) is 18.5. The molecule has 154 valence electrons. The number of rotatable bonds is 5. The number of imidazole rings is 1. The first-order valence-corrected chi connectivity index (χ1v) is 10.3. The fourth-order valence-corrected chi connectivity index (χ4v) is 4.47. The van der Waals surface area contributed by atoms with Crippen molar-refractivity contribution in [3.05, 3.63) is 18.7 Å². The van der Waals surface area contributed by atoms with Gasteiger partial charge < -0.3 is 14.8 Å². The first kappa shape index (κ1) is 22.5. The monoisotopic (exact) mass is 488 g/mol. The normalized spacial score (nSPS) is 27.1. The van der Waals surface area contributed by atoms with Crippen LogP contribution in [0.2, 0.25) is 0 Å². The number of guanidine groups is 1. The third-order valence-corrected chi connectivity index (χ3v) is 5.93. The second-order valence-electron chi connectivity index (χ2n) is 8.40. The molecule has 0 amide bonds. The van der Waals surface area contributed by atoms with E-state index in [9.17, 15) is 0 Å². The van der Waals surface area contributed by atoms with Crippen molar-refractivity contribution in [1.82, 2.24) is 24.7 Å². The van der Waals surface area contributed by atoms with Crippen molar-refractivity contribution in [3.8, 4) is 0 Å². The van der Waals surface area contributed by atoms with Crippen LogP contribution in [0.15, 0.2) is 23.7 Å². The van der Waals surface area contributed by atoms with Gasteiger partial charge in [0.2, 0.25) is 0 Å². The lowest BCUT2D eigenvalue weighted by Crippen LogP contribution is -2.51. The van der Waals surface area contributed by atoms with Crippen LogP contribution in [-0.4, -0.2) is 71.1 Å². The lowest BCUT2D eigenvalue weighted by Gasteiger charge is -2.39. The molecule has 0 bridgehead atoms. The number of piperidine rings is 1. The molecular formula is C20H37IN6. The number of likely N-dealkylation sites (tertiary alicyclic amines) is 2. The van der Waals surface area contributed by atoms with E-state index in [0.717, 1.165) is 31.5 Å². The Bertz CT molecular complexity index is 573. The van der Waals surface area contributed by atoms with Gasteiger partial charge >= 0.3 is 0 Å². The number of hydrogen-bond donors (Lipinski definition) is 1. The minimum absolute atomic E-state index is 0. The quantitative estimate of drug-likeness (QED) is 0.393. The van der Waals surface area contributed by atoms with E-state index in [1.165, 1.54) is 32.4 Å². The third kappa shape index (κ3) is 5.82. The Morgan fingerprint density at radius 2 is 2.11 bits per heavy atom. The first-order chi connectivity index (χ1) is 12.6. The Kier molecular flexibility index (Phi) is 8.85. The molecule has 1 aromatic heterocycles. The summed E-state index contributed by atoms with van der Waals surface area (Å²) < 4.78 is 2.26. The SMILES string of the molecule is CN=C(NC[C@H]1CCCN1CC(C)C)N1CCC(C)C(n2ccnc2)C1.I. The van der Waals surface area contributed by atoms with Crippen LogP contribution in [0.4, 0.5) is 0 Å². The van der Waals surface area contributed by atoms with E-state index < -0.39 is 0 Å². The van der Waals surface area contributed by atoms with Crippen molar-refractivity contribution in [3.63, 3.8) is 0 Å². The van der Waals surface area contributed by atoms with Crippen molar-refractivity contribution in [2.45, 2.75) is 52.1 Å². The van der Waals surface area contributed by atoms with Crippen LogP contribution in [0.25, 0.3) is 0 Å². The van der Waals surface area contributed by atoms with E-state index in [4.69, 9.17) is 0 Å². The smallest absolute Gasteiger partial charge is 0.193 e. The molecule has 1 aromatic rings. The van der Waals surface area contributed by atoms with Crippen LogP contribution in [-0.2, 0) is 0 Å². The molecule has 2 aliphatic rings. The Morgan fingerprint density at radius 1 is 1.30 bits per heavy atom. The zero-order valence-electron chi connectivity index (χ0n) is 17.3. The van der Waals surface area contributed by atoms with Crippen molar-refractivity contribution in [1.29, 1.82) is 0 Å². The summed E-state index contributed by atoms with van der Waals surface area (Å²) in [4.78, 5) is 13.9. The summed E-state index contributed by atoms with van der Waals surface area (Å²) >= 11 is 0. The van der Waals surface area contributed by atoms with Crippen LogP contribution in [0.3, 0.4) is 0 Å². The highest BCUT2D eigenvalue weighted by atomic mass is 127. The Morgan fingerprint density at radius 3 is 2.78 bits per heavy atom. The van der Waals surface area contributed by atoms with Gasteiger partial charge in [-0.3, -0.25) is 9.89 Å². The fraction of sp³-hybridized carbons (Fsp3) is 0.800. The van der Waals surface area contributed by atoms with Gasteiger partial charge in [-0.2, -0.15) is 0 Å². The van der Waals surface area contributed by atoms with E-state index in [1.807, 2.05) is 19.6 Å². The molecule has 2 unspecified atom stereocenters. The summed E-state index contributed by atoms with van der Waals surface area (Å²) in [6.07, 6.45) is 9.72. The van der Waals surface area contributed by atoms with E-state index in [1.54, 1.807) is 0 Å². The van der Waals surface area contributed by atoms with E-state index in [2.05, 4.69) is 56.6 Å².